The van der Waals surface area contributed by atoms with Crippen LogP contribution in [0.4, 0.5) is 5.69 Å². The van der Waals surface area contributed by atoms with E-state index >= 15 is 0 Å². The predicted octanol–water partition coefficient (Wildman–Crippen LogP) is 4.18. The molecule has 0 atom stereocenters. The minimum absolute atomic E-state index is 0.0984. The van der Waals surface area contributed by atoms with E-state index in [0.29, 0.717) is 6.42 Å². The fourth-order valence-electron chi connectivity index (χ4n) is 2.86. The second kappa shape index (κ2) is 7.18. The lowest BCUT2D eigenvalue weighted by molar-refractivity contribution is -0.116. The van der Waals surface area contributed by atoms with Gasteiger partial charge in [0.1, 0.15) is 0 Å². The normalized spacial score (nSPS) is 11.0. The molecule has 4 nitrogen and oxygen atoms in total. The summed E-state index contributed by atoms with van der Waals surface area (Å²) in [4.78, 5) is 12.0. The Labute approximate surface area is 136 Å². The Bertz CT molecular complexity index is 771. The summed E-state index contributed by atoms with van der Waals surface area (Å²) in [6.45, 7) is 1.03. The molecule has 0 bridgehead atoms. The van der Waals surface area contributed by atoms with Gasteiger partial charge in [-0.05, 0) is 49.2 Å². The van der Waals surface area contributed by atoms with Crippen LogP contribution < -0.4 is 5.32 Å². The minimum Gasteiger partial charge on any atom is -0.354 e. The maximum Gasteiger partial charge on any atom is 0.224 e. The van der Waals surface area contributed by atoms with Crippen molar-refractivity contribution in [3.63, 3.8) is 0 Å². The maximum atomic E-state index is 12.0. The first-order valence-corrected chi connectivity index (χ1v) is 8.18. The monoisotopic (exact) mass is 309 g/mol. The molecule has 1 N–H and O–H groups in total. The molecule has 0 aliphatic carbocycles. The molecule has 0 aliphatic rings. The van der Waals surface area contributed by atoms with E-state index in [9.17, 15) is 4.79 Å². The number of hydrogen-bond acceptors (Lipinski definition) is 1. The van der Waals surface area contributed by atoms with Crippen molar-refractivity contribution in [3.05, 3.63) is 55.0 Å². The van der Waals surface area contributed by atoms with Gasteiger partial charge in [-0.2, -0.15) is 0 Å². The first-order valence-electron chi connectivity index (χ1n) is 8.18. The van der Waals surface area contributed by atoms with Crippen molar-refractivity contribution in [1.29, 1.82) is 0 Å². The van der Waals surface area contributed by atoms with E-state index in [2.05, 4.69) is 32.9 Å². The standard InChI is InChI=1S/C19H23N3O/c1-21-14-10-16-15-17(8-9-18(16)21)20-19(23)7-3-2-4-11-22-12-5-6-13-22/h5-6,8-10,12-15H,2-4,7,11H2,1H3,(H,20,23). The molecule has 0 radical (unpaired) electrons. The SMILES string of the molecule is Cn1ccc2cc(NC(=O)CCCCCn3cccc3)ccc21. The molecule has 1 amide bonds. The number of aromatic nitrogens is 2. The number of carbonyl (C=O) groups is 1. The van der Waals surface area contributed by atoms with Crippen LogP contribution >= 0.6 is 0 Å². The Hall–Kier alpha value is -2.49. The second-order valence-electron chi connectivity index (χ2n) is 5.98. The van der Waals surface area contributed by atoms with Crippen molar-refractivity contribution < 1.29 is 4.79 Å². The fourth-order valence-corrected chi connectivity index (χ4v) is 2.86. The molecule has 3 aromatic rings. The van der Waals surface area contributed by atoms with Gasteiger partial charge in [-0.3, -0.25) is 4.79 Å². The molecule has 3 rings (SSSR count). The molecule has 23 heavy (non-hydrogen) atoms. The lowest BCUT2D eigenvalue weighted by Crippen LogP contribution is -2.11. The van der Waals surface area contributed by atoms with Crippen LogP contribution in [-0.4, -0.2) is 15.0 Å². The van der Waals surface area contributed by atoms with Crippen molar-refractivity contribution in [1.82, 2.24) is 9.13 Å². The van der Waals surface area contributed by atoms with Gasteiger partial charge in [0.2, 0.25) is 5.91 Å². The Morgan fingerprint density at radius 3 is 2.70 bits per heavy atom. The Balaban J connectivity index is 1.41. The van der Waals surface area contributed by atoms with Gasteiger partial charge >= 0.3 is 0 Å². The van der Waals surface area contributed by atoms with Crippen LogP contribution in [0.1, 0.15) is 25.7 Å². The van der Waals surface area contributed by atoms with Crippen LogP contribution in [0.15, 0.2) is 55.0 Å². The predicted molar refractivity (Wildman–Crippen MR) is 94.4 cm³/mol. The number of anilines is 1. The Morgan fingerprint density at radius 1 is 1.04 bits per heavy atom. The molecule has 4 heteroatoms. The van der Waals surface area contributed by atoms with E-state index in [1.165, 1.54) is 5.52 Å². The van der Waals surface area contributed by atoms with Crippen molar-refractivity contribution in [2.45, 2.75) is 32.2 Å². The zero-order valence-corrected chi connectivity index (χ0v) is 13.5. The van der Waals surface area contributed by atoms with Crippen molar-refractivity contribution in [3.8, 4) is 0 Å². The zero-order chi connectivity index (χ0) is 16.1. The summed E-state index contributed by atoms with van der Waals surface area (Å²) < 4.78 is 4.25. The van der Waals surface area contributed by atoms with Gasteiger partial charge in [-0.1, -0.05) is 6.42 Å². The van der Waals surface area contributed by atoms with Crippen LogP contribution in [-0.2, 0) is 18.4 Å². The van der Waals surface area contributed by atoms with E-state index in [4.69, 9.17) is 0 Å². The first kappa shape index (κ1) is 15.4. The Morgan fingerprint density at radius 2 is 1.87 bits per heavy atom. The van der Waals surface area contributed by atoms with Gasteiger partial charge in [0, 0.05) is 55.2 Å². The topological polar surface area (TPSA) is 39.0 Å². The number of nitrogens with zero attached hydrogens (tertiary/aromatic N) is 2. The molecule has 0 fully saturated rings. The molecule has 0 unspecified atom stereocenters. The number of rotatable bonds is 7. The van der Waals surface area contributed by atoms with E-state index in [0.717, 1.165) is 36.9 Å². The smallest absolute Gasteiger partial charge is 0.224 e. The van der Waals surface area contributed by atoms with Crippen LogP contribution in [0.25, 0.3) is 10.9 Å². The van der Waals surface area contributed by atoms with Crippen LogP contribution in [0.5, 0.6) is 0 Å². The van der Waals surface area contributed by atoms with Gasteiger partial charge in [0.25, 0.3) is 0 Å². The maximum absolute atomic E-state index is 12.0. The molecule has 2 aromatic heterocycles. The van der Waals surface area contributed by atoms with Crippen LogP contribution in [0.2, 0.25) is 0 Å². The van der Waals surface area contributed by atoms with Crippen molar-refractivity contribution >= 4 is 22.5 Å². The first-order chi connectivity index (χ1) is 11.2. The van der Waals surface area contributed by atoms with E-state index in [1.807, 2.05) is 43.6 Å². The summed E-state index contributed by atoms with van der Waals surface area (Å²) in [6, 6.07) is 12.2. The molecule has 0 spiro atoms. The van der Waals surface area contributed by atoms with E-state index < -0.39 is 0 Å². The number of fused-ring (bicyclic) bond motifs is 1. The van der Waals surface area contributed by atoms with Gasteiger partial charge in [0.15, 0.2) is 0 Å². The molecule has 0 saturated heterocycles. The highest BCUT2D eigenvalue weighted by atomic mass is 16.1. The second-order valence-corrected chi connectivity index (χ2v) is 5.98. The quantitative estimate of drug-likeness (QED) is 0.653. The fraction of sp³-hybridized carbons (Fsp3) is 0.316. The van der Waals surface area contributed by atoms with Crippen LogP contribution in [0.3, 0.4) is 0 Å². The van der Waals surface area contributed by atoms with Gasteiger partial charge in [0.05, 0.1) is 0 Å². The highest BCUT2D eigenvalue weighted by Gasteiger charge is 2.04. The average molecular weight is 309 g/mol. The van der Waals surface area contributed by atoms with Crippen LogP contribution in [0, 0.1) is 0 Å². The average Bonchev–Trinajstić information content (AvgIpc) is 3.17. The van der Waals surface area contributed by atoms with Crippen molar-refractivity contribution in [2.24, 2.45) is 7.05 Å². The van der Waals surface area contributed by atoms with Gasteiger partial charge in [-0.25, -0.2) is 0 Å². The largest absolute Gasteiger partial charge is 0.354 e. The van der Waals surface area contributed by atoms with Crippen molar-refractivity contribution in [2.75, 3.05) is 5.32 Å². The molecule has 0 saturated carbocycles. The molecular weight excluding hydrogens is 286 g/mol. The molecule has 2 heterocycles. The number of aryl methyl sites for hydroxylation is 2. The van der Waals surface area contributed by atoms with E-state index in [1.54, 1.807) is 0 Å². The third-order valence-corrected chi connectivity index (χ3v) is 4.16. The molecular formula is C19H23N3O. The van der Waals surface area contributed by atoms with E-state index in [-0.39, 0.29) is 5.91 Å². The molecule has 120 valence electrons. The third kappa shape index (κ3) is 4.03. The third-order valence-electron chi connectivity index (χ3n) is 4.16. The number of benzene rings is 1. The number of carbonyl (C=O) groups excluding carboxylic acids is 1. The van der Waals surface area contributed by atoms with Gasteiger partial charge in [-0.15, -0.1) is 0 Å². The number of nitrogens with one attached hydrogen (secondary N) is 1. The summed E-state index contributed by atoms with van der Waals surface area (Å²) in [5, 5.41) is 4.14. The number of unbranched alkanes of at least 4 members (excludes halogenated alkanes) is 2. The summed E-state index contributed by atoms with van der Waals surface area (Å²) in [5.41, 5.74) is 2.05. The highest BCUT2D eigenvalue weighted by Crippen LogP contribution is 2.20. The highest BCUT2D eigenvalue weighted by molar-refractivity contribution is 5.93. The summed E-state index contributed by atoms with van der Waals surface area (Å²) in [7, 11) is 2.02. The summed E-state index contributed by atoms with van der Waals surface area (Å²) in [5.74, 6) is 0.0984. The molecule has 0 aliphatic heterocycles. The zero-order valence-electron chi connectivity index (χ0n) is 13.5. The van der Waals surface area contributed by atoms with Gasteiger partial charge < -0.3 is 14.5 Å². The lowest BCUT2D eigenvalue weighted by Gasteiger charge is -2.06. The molecule has 1 aromatic carbocycles. The number of amides is 1. The summed E-state index contributed by atoms with van der Waals surface area (Å²) in [6.07, 6.45) is 9.88. The Kier molecular flexibility index (Phi) is 4.81. The number of hydrogen-bond donors (Lipinski definition) is 1. The summed E-state index contributed by atoms with van der Waals surface area (Å²) >= 11 is 0. The minimum atomic E-state index is 0.0984. The lowest BCUT2D eigenvalue weighted by atomic mass is 10.1.